The number of ether oxygens (including phenoxy) is 1. The van der Waals surface area contributed by atoms with Crippen LogP contribution in [-0.4, -0.2) is 35.8 Å². The van der Waals surface area contributed by atoms with E-state index in [1.165, 1.54) is 25.8 Å². The molecule has 1 rings (SSSR count). The summed E-state index contributed by atoms with van der Waals surface area (Å²) in [7, 11) is 1.29. The third-order valence-electron chi connectivity index (χ3n) is 1.90. The zero-order valence-corrected chi connectivity index (χ0v) is 10.5. The molecular weight excluding hydrogens is 240 g/mol. The van der Waals surface area contributed by atoms with Gasteiger partial charge < -0.3 is 10.1 Å². The molecule has 0 saturated carbocycles. The number of pyridine rings is 1. The number of carbonyl (C=O) groups is 2. The van der Waals surface area contributed by atoms with Crippen LogP contribution < -0.4 is 5.32 Å². The Balaban J connectivity index is 2.55. The Morgan fingerprint density at radius 3 is 2.82 bits per heavy atom. The summed E-state index contributed by atoms with van der Waals surface area (Å²) in [6.45, 7) is 1.36. The Labute approximate surface area is 104 Å². The fourth-order valence-electron chi connectivity index (χ4n) is 1.16. The summed E-state index contributed by atoms with van der Waals surface area (Å²) in [6, 6.07) is 4.87. The highest BCUT2D eigenvalue weighted by Crippen LogP contribution is 2.15. The molecule has 1 aromatic heterocycles. The van der Waals surface area contributed by atoms with Gasteiger partial charge in [0.25, 0.3) is 0 Å². The van der Waals surface area contributed by atoms with Crippen molar-refractivity contribution in [1.82, 2.24) is 10.3 Å². The van der Waals surface area contributed by atoms with E-state index in [0.717, 1.165) is 5.03 Å². The Morgan fingerprint density at radius 1 is 1.53 bits per heavy atom. The molecule has 0 spiro atoms. The number of aromatic nitrogens is 1. The number of nitrogens with one attached hydrogen (secondary N) is 1. The van der Waals surface area contributed by atoms with Crippen molar-refractivity contribution in [2.45, 2.75) is 18.0 Å². The van der Waals surface area contributed by atoms with Crippen LogP contribution in [0.3, 0.4) is 0 Å². The zero-order valence-electron chi connectivity index (χ0n) is 9.67. The molecule has 0 aliphatic heterocycles. The number of hydrogen-bond donors (Lipinski definition) is 1. The van der Waals surface area contributed by atoms with Crippen molar-refractivity contribution in [2.75, 3.05) is 12.9 Å². The number of nitrogens with zero attached hydrogens (tertiary/aromatic N) is 1. The Hall–Kier alpha value is -1.56. The van der Waals surface area contributed by atoms with E-state index in [0.29, 0.717) is 5.75 Å². The highest BCUT2D eigenvalue weighted by Gasteiger charge is 2.20. The molecule has 1 atom stereocenters. The van der Waals surface area contributed by atoms with Crippen LogP contribution in [0.15, 0.2) is 29.4 Å². The SMILES string of the molecule is COC(=O)C(CSc1ccccn1)NC(C)=O. The van der Waals surface area contributed by atoms with Gasteiger partial charge in [-0.05, 0) is 12.1 Å². The highest BCUT2D eigenvalue weighted by atomic mass is 32.2. The molecule has 0 aliphatic rings. The molecule has 0 radical (unpaired) electrons. The van der Waals surface area contributed by atoms with Crippen molar-refractivity contribution in [3.8, 4) is 0 Å². The van der Waals surface area contributed by atoms with Crippen molar-refractivity contribution in [3.05, 3.63) is 24.4 Å². The van der Waals surface area contributed by atoms with E-state index >= 15 is 0 Å². The van der Waals surface area contributed by atoms with E-state index in [2.05, 4.69) is 15.0 Å². The standard InChI is InChI=1S/C11H14N2O3S/c1-8(14)13-9(11(15)16-2)7-17-10-5-3-4-6-12-10/h3-6,9H,7H2,1-2H3,(H,13,14). The Bertz CT molecular complexity index is 384. The number of rotatable bonds is 5. The first-order valence-electron chi connectivity index (χ1n) is 5.02. The summed E-state index contributed by atoms with van der Waals surface area (Å²) in [5, 5.41) is 3.34. The maximum atomic E-state index is 11.4. The van der Waals surface area contributed by atoms with Gasteiger partial charge in [0, 0.05) is 18.9 Å². The monoisotopic (exact) mass is 254 g/mol. The van der Waals surface area contributed by atoms with Gasteiger partial charge in [-0.2, -0.15) is 0 Å². The number of carbonyl (C=O) groups excluding carboxylic acids is 2. The Kier molecular flexibility index (Phi) is 5.48. The number of methoxy groups -OCH3 is 1. The summed E-state index contributed by atoms with van der Waals surface area (Å²) < 4.78 is 4.61. The minimum atomic E-state index is -0.649. The van der Waals surface area contributed by atoms with Gasteiger partial charge in [0.2, 0.25) is 5.91 Å². The largest absolute Gasteiger partial charge is 0.467 e. The van der Waals surface area contributed by atoms with Gasteiger partial charge >= 0.3 is 5.97 Å². The summed E-state index contributed by atoms with van der Waals surface area (Å²) >= 11 is 1.39. The van der Waals surface area contributed by atoms with Gasteiger partial charge in [0.1, 0.15) is 6.04 Å². The Morgan fingerprint density at radius 2 is 2.29 bits per heavy atom. The minimum Gasteiger partial charge on any atom is -0.467 e. The quantitative estimate of drug-likeness (QED) is 0.623. The van der Waals surface area contributed by atoms with Crippen molar-refractivity contribution >= 4 is 23.6 Å². The molecule has 6 heteroatoms. The van der Waals surface area contributed by atoms with E-state index in [4.69, 9.17) is 0 Å². The molecule has 1 N–H and O–H groups in total. The lowest BCUT2D eigenvalue weighted by Gasteiger charge is -2.14. The van der Waals surface area contributed by atoms with Crippen molar-refractivity contribution < 1.29 is 14.3 Å². The summed E-state index contributed by atoms with van der Waals surface area (Å²) in [6.07, 6.45) is 1.67. The van der Waals surface area contributed by atoms with Crippen LogP contribution in [0.1, 0.15) is 6.92 Å². The zero-order chi connectivity index (χ0) is 12.7. The normalized spacial score (nSPS) is 11.6. The lowest BCUT2D eigenvalue weighted by Crippen LogP contribution is -2.42. The second-order valence-corrected chi connectivity index (χ2v) is 4.30. The predicted octanol–water partition coefficient (Wildman–Crippen LogP) is 0.851. The number of esters is 1. The fourth-order valence-corrected chi connectivity index (χ4v) is 2.02. The molecular formula is C11H14N2O3S. The second kappa shape index (κ2) is 6.90. The van der Waals surface area contributed by atoms with E-state index in [9.17, 15) is 9.59 Å². The lowest BCUT2D eigenvalue weighted by molar-refractivity contribution is -0.144. The van der Waals surface area contributed by atoms with Crippen molar-refractivity contribution in [2.24, 2.45) is 0 Å². The first kappa shape index (κ1) is 13.5. The number of hydrogen-bond acceptors (Lipinski definition) is 5. The maximum Gasteiger partial charge on any atom is 0.329 e. The summed E-state index contributed by atoms with van der Waals surface area (Å²) in [4.78, 5) is 26.5. The molecule has 0 fully saturated rings. The minimum absolute atomic E-state index is 0.262. The van der Waals surface area contributed by atoms with Crippen LogP contribution in [0.25, 0.3) is 0 Å². The topological polar surface area (TPSA) is 68.3 Å². The van der Waals surface area contributed by atoms with E-state index in [-0.39, 0.29) is 5.91 Å². The lowest BCUT2D eigenvalue weighted by atomic mass is 10.3. The van der Waals surface area contributed by atoms with Crippen LogP contribution in [0, 0.1) is 0 Å². The van der Waals surface area contributed by atoms with Crippen molar-refractivity contribution in [1.29, 1.82) is 0 Å². The molecule has 1 heterocycles. The van der Waals surface area contributed by atoms with Gasteiger partial charge in [-0.15, -0.1) is 11.8 Å². The molecule has 1 unspecified atom stereocenters. The fraction of sp³-hybridized carbons (Fsp3) is 0.364. The third-order valence-corrected chi connectivity index (χ3v) is 2.94. The van der Waals surface area contributed by atoms with E-state index in [1.54, 1.807) is 6.20 Å². The average Bonchev–Trinajstić information content (AvgIpc) is 2.34. The van der Waals surface area contributed by atoms with Gasteiger partial charge in [-0.25, -0.2) is 9.78 Å². The molecule has 0 bridgehead atoms. The van der Waals surface area contributed by atoms with E-state index in [1.807, 2.05) is 18.2 Å². The average molecular weight is 254 g/mol. The molecule has 0 aliphatic carbocycles. The predicted molar refractivity (Wildman–Crippen MR) is 64.6 cm³/mol. The molecule has 0 saturated heterocycles. The molecule has 1 aromatic rings. The first-order chi connectivity index (χ1) is 8.13. The van der Waals surface area contributed by atoms with Crippen LogP contribution in [0.4, 0.5) is 0 Å². The highest BCUT2D eigenvalue weighted by molar-refractivity contribution is 7.99. The van der Waals surface area contributed by atoms with Crippen LogP contribution in [0.5, 0.6) is 0 Å². The van der Waals surface area contributed by atoms with E-state index < -0.39 is 12.0 Å². The van der Waals surface area contributed by atoms with Gasteiger partial charge in [0.15, 0.2) is 0 Å². The maximum absolute atomic E-state index is 11.4. The van der Waals surface area contributed by atoms with Gasteiger partial charge in [-0.1, -0.05) is 6.07 Å². The number of thioether (sulfide) groups is 1. The molecule has 5 nitrogen and oxygen atoms in total. The third kappa shape index (κ3) is 4.86. The summed E-state index contributed by atoms with van der Waals surface area (Å²) in [5.74, 6) is -0.325. The van der Waals surface area contributed by atoms with Crippen LogP contribution in [0.2, 0.25) is 0 Å². The van der Waals surface area contributed by atoms with Gasteiger partial charge in [-0.3, -0.25) is 4.79 Å². The molecule has 17 heavy (non-hydrogen) atoms. The smallest absolute Gasteiger partial charge is 0.329 e. The molecule has 92 valence electrons. The van der Waals surface area contributed by atoms with Crippen LogP contribution >= 0.6 is 11.8 Å². The van der Waals surface area contributed by atoms with Crippen LogP contribution in [-0.2, 0) is 14.3 Å². The summed E-state index contributed by atoms with van der Waals surface area (Å²) in [5.41, 5.74) is 0. The van der Waals surface area contributed by atoms with Crippen molar-refractivity contribution in [3.63, 3.8) is 0 Å². The molecule has 1 amide bonds. The van der Waals surface area contributed by atoms with Gasteiger partial charge in [0.05, 0.1) is 12.1 Å². The number of amides is 1. The molecule has 0 aromatic carbocycles. The first-order valence-corrected chi connectivity index (χ1v) is 6.01. The second-order valence-electron chi connectivity index (χ2n) is 3.26.